The largest absolute Gasteiger partial charge is 0.393 e. The van der Waals surface area contributed by atoms with Gasteiger partial charge in [0.1, 0.15) is 0 Å². The van der Waals surface area contributed by atoms with Crippen molar-refractivity contribution in [2.75, 3.05) is 19.7 Å². The van der Waals surface area contributed by atoms with Gasteiger partial charge in [0, 0.05) is 19.1 Å². The molecule has 2 rings (SSSR count). The van der Waals surface area contributed by atoms with Crippen molar-refractivity contribution in [3.8, 4) is 0 Å². The predicted molar refractivity (Wildman–Crippen MR) is 78.1 cm³/mol. The van der Waals surface area contributed by atoms with Crippen molar-refractivity contribution in [1.29, 1.82) is 0 Å². The molecule has 1 saturated heterocycles. The summed E-state index contributed by atoms with van der Waals surface area (Å²) in [6.07, 6.45) is 3.61. The van der Waals surface area contributed by atoms with E-state index in [1.54, 1.807) is 0 Å². The van der Waals surface area contributed by atoms with Crippen LogP contribution in [0.2, 0.25) is 0 Å². The minimum atomic E-state index is -0.0969. The van der Waals surface area contributed by atoms with Crippen molar-refractivity contribution in [1.82, 2.24) is 4.90 Å². The maximum absolute atomic E-state index is 10.3. The third-order valence-electron chi connectivity index (χ3n) is 5.13. The fourth-order valence-corrected chi connectivity index (χ4v) is 3.61. The van der Waals surface area contributed by atoms with Crippen LogP contribution in [0.15, 0.2) is 0 Å². The Balaban J connectivity index is 1.92. The first-order valence-electron chi connectivity index (χ1n) is 8.01. The third kappa shape index (κ3) is 3.93. The summed E-state index contributed by atoms with van der Waals surface area (Å²) >= 11 is 0. The van der Waals surface area contributed by atoms with E-state index >= 15 is 0 Å². The molecule has 19 heavy (non-hydrogen) atoms. The van der Waals surface area contributed by atoms with Crippen molar-refractivity contribution >= 4 is 0 Å². The number of morpholine rings is 1. The highest BCUT2D eigenvalue weighted by atomic mass is 16.5. The van der Waals surface area contributed by atoms with E-state index in [0.29, 0.717) is 18.1 Å². The lowest BCUT2D eigenvalue weighted by Crippen LogP contribution is -2.51. The molecule has 112 valence electrons. The predicted octanol–water partition coefficient (Wildman–Crippen LogP) is 2.53. The minimum absolute atomic E-state index is 0.0969. The number of aliphatic hydroxyl groups excluding tert-OH is 1. The molecule has 1 aliphatic carbocycles. The van der Waals surface area contributed by atoms with Gasteiger partial charge in [0.2, 0.25) is 0 Å². The van der Waals surface area contributed by atoms with E-state index in [-0.39, 0.29) is 6.10 Å². The fourth-order valence-electron chi connectivity index (χ4n) is 3.61. The van der Waals surface area contributed by atoms with Gasteiger partial charge in [0.15, 0.2) is 0 Å². The van der Waals surface area contributed by atoms with Crippen LogP contribution in [0, 0.1) is 17.8 Å². The van der Waals surface area contributed by atoms with Gasteiger partial charge in [0.05, 0.1) is 18.8 Å². The molecule has 3 heteroatoms. The van der Waals surface area contributed by atoms with Crippen LogP contribution >= 0.6 is 0 Å². The molecule has 0 spiro atoms. The molecule has 1 heterocycles. The van der Waals surface area contributed by atoms with Gasteiger partial charge in [-0.2, -0.15) is 0 Å². The zero-order chi connectivity index (χ0) is 14.0. The van der Waals surface area contributed by atoms with Crippen molar-refractivity contribution in [3.05, 3.63) is 0 Å². The van der Waals surface area contributed by atoms with Crippen LogP contribution < -0.4 is 0 Å². The van der Waals surface area contributed by atoms with Gasteiger partial charge < -0.3 is 9.84 Å². The van der Waals surface area contributed by atoms with Crippen LogP contribution in [-0.2, 0) is 4.74 Å². The van der Waals surface area contributed by atoms with Crippen LogP contribution in [0.1, 0.15) is 47.0 Å². The number of rotatable bonds is 3. The van der Waals surface area contributed by atoms with Crippen molar-refractivity contribution < 1.29 is 9.84 Å². The first-order chi connectivity index (χ1) is 8.97. The maximum Gasteiger partial charge on any atom is 0.0674 e. The van der Waals surface area contributed by atoms with E-state index in [1.165, 1.54) is 12.8 Å². The zero-order valence-corrected chi connectivity index (χ0v) is 13.0. The van der Waals surface area contributed by atoms with Gasteiger partial charge >= 0.3 is 0 Å². The molecule has 0 radical (unpaired) electrons. The third-order valence-corrected chi connectivity index (χ3v) is 5.13. The van der Waals surface area contributed by atoms with Crippen LogP contribution in [-0.4, -0.2) is 48.0 Å². The van der Waals surface area contributed by atoms with Crippen LogP contribution in [0.25, 0.3) is 0 Å². The lowest BCUT2D eigenvalue weighted by Gasteiger charge is -2.42. The Bertz CT molecular complexity index is 282. The Kier molecular flexibility index (Phi) is 5.27. The number of hydrogen-bond acceptors (Lipinski definition) is 3. The molecule has 0 aromatic heterocycles. The zero-order valence-electron chi connectivity index (χ0n) is 13.0. The molecular formula is C16H31NO2. The Morgan fingerprint density at radius 3 is 2.68 bits per heavy atom. The maximum atomic E-state index is 10.3. The average Bonchev–Trinajstić information content (AvgIpc) is 2.36. The van der Waals surface area contributed by atoms with Gasteiger partial charge in [-0.25, -0.2) is 0 Å². The first-order valence-corrected chi connectivity index (χ1v) is 8.01. The molecule has 0 amide bonds. The highest BCUT2D eigenvalue weighted by Gasteiger charge is 2.34. The van der Waals surface area contributed by atoms with Gasteiger partial charge in [-0.05, 0) is 50.9 Å². The van der Waals surface area contributed by atoms with Gasteiger partial charge in [-0.15, -0.1) is 0 Å². The fraction of sp³-hybridized carbons (Fsp3) is 1.00. The molecule has 5 atom stereocenters. The summed E-state index contributed by atoms with van der Waals surface area (Å²) in [5.74, 6) is 1.99. The van der Waals surface area contributed by atoms with Crippen molar-refractivity contribution in [2.45, 2.75) is 65.2 Å². The quantitative estimate of drug-likeness (QED) is 0.854. The van der Waals surface area contributed by atoms with E-state index in [0.717, 1.165) is 38.0 Å². The monoisotopic (exact) mass is 269 g/mol. The molecule has 3 nitrogen and oxygen atoms in total. The van der Waals surface area contributed by atoms with E-state index in [4.69, 9.17) is 4.74 Å². The summed E-state index contributed by atoms with van der Waals surface area (Å²) in [7, 11) is 0. The molecule has 1 saturated carbocycles. The molecule has 0 aromatic rings. The molecule has 2 fully saturated rings. The summed E-state index contributed by atoms with van der Waals surface area (Å²) in [5, 5.41) is 10.3. The Morgan fingerprint density at radius 1 is 1.26 bits per heavy atom. The van der Waals surface area contributed by atoms with Crippen molar-refractivity contribution in [3.63, 3.8) is 0 Å². The Labute approximate surface area is 118 Å². The van der Waals surface area contributed by atoms with Crippen LogP contribution in [0.3, 0.4) is 0 Å². The topological polar surface area (TPSA) is 32.7 Å². The molecule has 2 aliphatic rings. The summed E-state index contributed by atoms with van der Waals surface area (Å²) in [6.45, 7) is 11.9. The number of ether oxygens (including phenoxy) is 1. The Morgan fingerprint density at radius 2 is 2.00 bits per heavy atom. The summed E-state index contributed by atoms with van der Waals surface area (Å²) in [6, 6.07) is 0.489. The highest BCUT2D eigenvalue weighted by Crippen LogP contribution is 2.34. The molecular weight excluding hydrogens is 238 g/mol. The van der Waals surface area contributed by atoms with E-state index in [2.05, 4.69) is 32.6 Å². The smallest absolute Gasteiger partial charge is 0.0674 e. The molecule has 0 aromatic carbocycles. The van der Waals surface area contributed by atoms with E-state index in [9.17, 15) is 5.11 Å². The van der Waals surface area contributed by atoms with Gasteiger partial charge in [-0.3, -0.25) is 4.90 Å². The number of nitrogens with zero attached hydrogens (tertiary/aromatic N) is 1. The van der Waals surface area contributed by atoms with E-state index < -0.39 is 0 Å². The van der Waals surface area contributed by atoms with Crippen LogP contribution in [0.5, 0.6) is 0 Å². The molecule has 1 N–H and O–H groups in total. The highest BCUT2D eigenvalue weighted by molar-refractivity contribution is 4.86. The summed E-state index contributed by atoms with van der Waals surface area (Å²) in [4.78, 5) is 2.52. The standard InChI is InChI=1S/C16H31NO2/c1-11(2)14-5-6-16(18)15(7-14)9-17-8-13(4)19-10-12(17)3/h11-16,18H,5-10H2,1-4H3. The van der Waals surface area contributed by atoms with Crippen LogP contribution in [0.4, 0.5) is 0 Å². The summed E-state index contributed by atoms with van der Waals surface area (Å²) < 4.78 is 5.69. The second kappa shape index (κ2) is 6.55. The molecule has 5 unspecified atom stereocenters. The lowest BCUT2D eigenvalue weighted by molar-refractivity contribution is -0.0688. The Hall–Kier alpha value is -0.120. The summed E-state index contributed by atoms with van der Waals surface area (Å²) in [5.41, 5.74) is 0. The molecule has 1 aliphatic heterocycles. The first kappa shape index (κ1) is 15.3. The second-order valence-electron chi connectivity index (χ2n) is 7.09. The lowest BCUT2D eigenvalue weighted by atomic mass is 9.74. The molecule has 0 bridgehead atoms. The SMILES string of the molecule is CC1CN(CC2CC(C(C)C)CCC2O)C(C)CO1. The normalized spacial score (nSPS) is 41.7. The van der Waals surface area contributed by atoms with E-state index in [1.807, 2.05) is 0 Å². The number of hydrogen-bond donors (Lipinski definition) is 1. The van der Waals surface area contributed by atoms with Gasteiger partial charge in [-0.1, -0.05) is 13.8 Å². The van der Waals surface area contributed by atoms with Crippen molar-refractivity contribution in [2.24, 2.45) is 17.8 Å². The number of aliphatic hydroxyl groups is 1. The van der Waals surface area contributed by atoms with Gasteiger partial charge in [0.25, 0.3) is 0 Å². The second-order valence-corrected chi connectivity index (χ2v) is 7.09. The average molecular weight is 269 g/mol. The minimum Gasteiger partial charge on any atom is -0.393 e.